The first-order chi connectivity index (χ1) is 16.5. The summed E-state index contributed by atoms with van der Waals surface area (Å²) in [6.45, 7) is 7.58. The second-order valence-electron chi connectivity index (χ2n) is 9.53. The summed E-state index contributed by atoms with van der Waals surface area (Å²) in [6.07, 6.45) is 6.00. The van der Waals surface area contributed by atoms with E-state index >= 15 is 0 Å². The maximum Gasteiger partial charge on any atom is 0.255 e. The molecule has 3 amide bonds. The third kappa shape index (κ3) is 4.65. The molecule has 2 atom stereocenters. The molecule has 8 heteroatoms. The third-order valence-corrected chi connectivity index (χ3v) is 7.20. The van der Waals surface area contributed by atoms with Gasteiger partial charge in [0.15, 0.2) is 0 Å². The lowest BCUT2D eigenvalue weighted by Gasteiger charge is -2.30. The van der Waals surface area contributed by atoms with Gasteiger partial charge in [0.1, 0.15) is 18.4 Å². The Bertz CT molecular complexity index is 1060. The van der Waals surface area contributed by atoms with Crippen LogP contribution in [0.3, 0.4) is 0 Å². The number of rotatable bonds is 6. The number of carbonyl (C=O) groups excluding carboxylic acids is 3. The molecular formula is C26H31N3O5. The van der Waals surface area contributed by atoms with Crippen LogP contribution in [0.5, 0.6) is 5.75 Å². The molecule has 1 aliphatic carbocycles. The molecule has 1 aromatic carbocycles. The minimum absolute atomic E-state index is 0.184. The van der Waals surface area contributed by atoms with Gasteiger partial charge in [-0.2, -0.15) is 0 Å². The summed E-state index contributed by atoms with van der Waals surface area (Å²) in [4.78, 5) is 40.8. The SMILES string of the molecule is CC1CC(CN2CCOCC2)=CC=C1COc1cccc2c1CN([C@H]1CCC(=O)NC1=O)C2=O. The molecule has 0 spiro atoms. The molecule has 1 N–H and O–H groups in total. The number of benzene rings is 1. The Morgan fingerprint density at radius 3 is 2.74 bits per heavy atom. The van der Waals surface area contributed by atoms with E-state index in [1.54, 1.807) is 11.0 Å². The molecule has 1 aromatic rings. The Labute approximate surface area is 199 Å². The number of amides is 3. The van der Waals surface area contributed by atoms with Crippen LogP contribution < -0.4 is 10.1 Å². The highest BCUT2D eigenvalue weighted by atomic mass is 16.5. The van der Waals surface area contributed by atoms with E-state index in [1.807, 2.05) is 12.1 Å². The monoisotopic (exact) mass is 465 g/mol. The molecule has 180 valence electrons. The molecule has 0 radical (unpaired) electrons. The first-order valence-corrected chi connectivity index (χ1v) is 12.1. The van der Waals surface area contributed by atoms with Gasteiger partial charge in [-0.25, -0.2) is 0 Å². The van der Waals surface area contributed by atoms with Gasteiger partial charge in [0.2, 0.25) is 11.8 Å². The fraction of sp³-hybridized carbons (Fsp3) is 0.500. The molecule has 34 heavy (non-hydrogen) atoms. The quantitative estimate of drug-likeness (QED) is 0.647. The standard InChI is InChI=1S/C26H31N3O5/c1-17-13-18(14-28-9-11-33-12-10-28)5-6-19(17)16-34-23-4-2-3-20-21(23)15-29(26(20)32)22-7-8-24(30)27-25(22)31/h2-6,17,22H,7-16H2,1H3,(H,27,30,31)/t17?,22-/m0/s1. The lowest BCUT2D eigenvalue weighted by atomic mass is 9.88. The van der Waals surface area contributed by atoms with Gasteiger partial charge in [0.25, 0.3) is 5.91 Å². The Morgan fingerprint density at radius 1 is 1.15 bits per heavy atom. The molecule has 2 fully saturated rings. The van der Waals surface area contributed by atoms with Crippen molar-refractivity contribution in [2.45, 2.75) is 38.8 Å². The van der Waals surface area contributed by atoms with Crippen molar-refractivity contribution in [2.75, 3.05) is 39.5 Å². The minimum Gasteiger partial charge on any atom is -0.489 e. The largest absolute Gasteiger partial charge is 0.489 e. The number of allylic oxidation sites excluding steroid dienone is 2. The van der Waals surface area contributed by atoms with Gasteiger partial charge < -0.3 is 14.4 Å². The molecule has 0 saturated carbocycles. The zero-order valence-corrected chi connectivity index (χ0v) is 19.5. The topological polar surface area (TPSA) is 88.2 Å². The van der Waals surface area contributed by atoms with Crippen LogP contribution in [0.15, 0.2) is 41.5 Å². The molecule has 1 unspecified atom stereocenters. The molecule has 0 aromatic heterocycles. The summed E-state index contributed by atoms with van der Waals surface area (Å²) in [5.41, 5.74) is 4.05. The zero-order valence-electron chi connectivity index (χ0n) is 19.5. The van der Waals surface area contributed by atoms with Crippen LogP contribution in [0, 0.1) is 5.92 Å². The van der Waals surface area contributed by atoms with Crippen molar-refractivity contribution >= 4 is 17.7 Å². The maximum absolute atomic E-state index is 13.0. The van der Waals surface area contributed by atoms with Crippen LogP contribution in [0.2, 0.25) is 0 Å². The van der Waals surface area contributed by atoms with Gasteiger partial charge >= 0.3 is 0 Å². The smallest absolute Gasteiger partial charge is 0.255 e. The Kier molecular flexibility index (Phi) is 6.52. The minimum atomic E-state index is -0.624. The van der Waals surface area contributed by atoms with Crippen LogP contribution in [-0.2, 0) is 20.9 Å². The molecule has 3 heterocycles. The van der Waals surface area contributed by atoms with Crippen LogP contribution in [0.4, 0.5) is 0 Å². The second kappa shape index (κ2) is 9.72. The number of fused-ring (bicyclic) bond motifs is 1. The number of hydrogen-bond acceptors (Lipinski definition) is 6. The Balaban J connectivity index is 1.24. The summed E-state index contributed by atoms with van der Waals surface area (Å²) in [5.74, 6) is 0.194. The van der Waals surface area contributed by atoms with Gasteiger partial charge in [0, 0.05) is 37.2 Å². The van der Waals surface area contributed by atoms with Gasteiger partial charge in [-0.3, -0.25) is 24.6 Å². The Morgan fingerprint density at radius 2 is 1.97 bits per heavy atom. The predicted molar refractivity (Wildman–Crippen MR) is 125 cm³/mol. The molecule has 0 bridgehead atoms. The van der Waals surface area contributed by atoms with Crippen molar-refractivity contribution in [2.24, 2.45) is 5.92 Å². The molecular weight excluding hydrogens is 434 g/mol. The van der Waals surface area contributed by atoms with E-state index < -0.39 is 11.9 Å². The predicted octanol–water partition coefficient (Wildman–Crippen LogP) is 2.05. The lowest BCUT2D eigenvalue weighted by Crippen LogP contribution is -2.52. The first-order valence-electron chi connectivity index (χ1n) is 12.1. The fourth-order valence-corrected chi connectivity index (χ4v) is 5.19. The number of nitrogens with zero attached hydrogens (tertiary/aromatic N) is 2. The average molecular weight is 466 g/mol. The van der Waals surface area contributed by atoms with Crippen molar-refractivity contribution in [3.05, 3.63) is 52.6 Å². The van der Waals surface area contributed by atoms with Crippen molar-refractivity contribution in [1.29, 1.82) is 0 Å². The highest BCUT2D eigenvalue weighted by Gasteiger charge is 2.40. The zero-order chi connectivity index (χ0) is 23.7. The number of imide groups is 1. The van der Waals surface area contributed by atoms with E-state index in [1.165, 1.54) is 11.1 Å². The highest BCUT2D eigenvalue weighted by Crippen LogP contribution is 2.34. The number of morpholine rings is 1. The van der Waals surface area contributed by atoms with Gasteiger partial charge in [-0.05, 0) is 36.5 Å². The van der Waals surface area contributed by atoms with Crippen molar-refractivity contribution in [3.63, 3.8) is 0 Å². The van der Waals surface area contributed by atoms with E-state index in [4.69, 9.17) is 9.47 Å². The normalized spacial score (nSPS) is 25.6. The highest BCUT2D eigenvalue weighted by molar-refractivity contribution is 6.05. The molecule has 5 rings (SSSR count). The molecule has 8 nitrogen and oxygen atoms in total. The summed E-state index contributed by atoms with van der Waals surface area (Å²) < 4.78 is 11.7. The number of piperidine rings is 1. The fourth-order valence-electron chi connectivity index (χ4n) is 5.19. The van der Waals surface area contributed by atoms with Crippen LogP contribution in [-0.4, -0.2) is 73.0 Å². The van der Waals surface area contributed by atoms with E-state index in [2.05, 4.69) is 29.3 Å². The van der Waals surface area contributed by atoms with E-state index in [0.717, 1.165) is 44.8 Å². The van der Waals surface area contributed by atoms with Crippen molar-refractivity contribution in [1.82, 2.24) is 15.1 Å². The maximum atomic E-state index is 13.0. The van der Waals surface area contributed by atoms with Crippen molar-refractivity contribution < 1.29 is 23.9 Å². The number of nitrogens with one attached hydrogen (secondary N) is 1. The Hall–Kier alpha value is -2.97. The number of hydrogen-bond donors (Lipinski definition) is 1. The summed E-state index contributed by atoms with van der Waals surface area (Å²) in [6, 6.07) is 4.86. The summed E-state index contributed by atoms with van der Waals surface area (Å²) in [7, 11) is 0. The third-order valence-electron chi connectivity index (χ3n) is 7.20. The van der Waals surface area contributed by atoms with Crippen LogP contribution >= 0.6 is 0 Å². The summed E-state index contributed by atoms with van der Waals surface area (Å²) in [5, 5.41) is 2.35. The van der Waals surface area contributed by atoms with Gasteiger partial charge in [-0.1, -0.05) is 30.7 Å². The van der Waals surface area contributed by atoms with E-state index in [9.17, 15) is 14.4 Å². The number of carbonyl (C=O) groups is 3. The van der Waals surface area contributed by atoms with Crippen LogP contribution in [0.25, 0.3) is 0 Å². The van der Waals surface area contributed by atoms with Crippen molar-refractivity contribution in [3.8, 4) is 5.75 Å². The van der Waals surface area contributed by atoms with E-state index in [0.29, 0.717) is 36.8 Å². The second-order valence-corrected chi connectivity index (χ2v) is 9.53. The van der Waals surface area contributed by atoms with Gasteiger partial charge in [-0.15, -0.1) is 0 Å². The van der Waals surface area contributed by atoms with Crippen LogP contribution in [0.1, 0.15) is 42.1 Å². The lowest BCUT2D eigenvalue weighted by molar-refractivity contribution is -0.136. The average Bonchev–Trinajstić information content (AvgIpc) is 3.16. The molecule has 4 aliphatic rings. The number of ether oxygens (including phenoxy) is 2. The van der Waals surface area contributed by atoms with Gasteiger partial charge in [0.05, 0.1) is 19.8 Å². The molecule has 2 saturated heterocycles. The van der Waals surface area contributed by atoms with E-state index in [-0.39, 0.29) is 18.2 Å². The summed E-state index contributed by atoms with van der Waals surface area (Å²) >= 11 is 0. The first kappa shape index (κ1) is 22.8. The molecule has 3 aliphatic heterocycles.